The molecule has 180 valence electrons. The van der Waals surface area contributed by atoms with Crippen molar-refractivity contribution in [3.8, 4) is 11.5 Å². The SMILES string of the molecule is CCN(CC)CCCN(Cc1cc2cc3c(cc2[nH]c1=O)OCO3)C(=O)Nc1ccc(F)cc1. The van der Waals surface area contributed by atoms with Gasteiger partial charge < -0.3 is 29.6 Å². The van der Waals surface area contributed by atoms with Crippen molar-refractivity contribution in [3.63, 3.8) is 0 Å². The van der Waals surface area contributed by atoms with Gasteiger partial charge in [-0.2, -0.15) is 0 Å². The van der Waals surface area contributed by atoms with E-state index in [0.29, 0.717) is 34.8 Å². The highest BCUT2D eigenvalue weighted by atomic mass is 19.1. The van der Waals surface area contributed by atoms with Crippen molar-refractivity contribution in [2.24, 2.45) is 0 Å². The van der Waals surface area contributed by atoms with Crippen molar-refractivity contribution >= 4 is 22.6 Å². The van der Waals surface area contributed by atoms with E-state index in [2.05, 4.69) is 29.0 Å². The molecule has 0 bridgehead atoms. The van der Waals surface area contributed by atoms with Gasteiger partial charge in [-0.05, 0) is 62.5 Å². The highest BCUT2D eigenvalue weighted by Gasteiger charge is 2.19. The van der Waals surface area contributed by atoms with Crippen LogP contribution in [0.1, 0.15) is 25.8 Å². The number of anilines is 1. The second-order valence-corrected chi connectivity index (χ2v) is 8.16. The van der Waals surface area contributed by atoms with E-state index in [1.807, 2.05) is 6.07 Å². The second kappa shape index (κ2) is 10.6. The monoisotopic (exact) mass is 468 g/mol. The summed E-state index contributed by atoms with van der Waals surface area (Å²) in [6.45, 7) is 7.63. The van der Waals surface area contributed by atoms with Crippen LogP contribution < -0.4 is 20.3 Å². The molecule has 0 saturated heterocycles. The topological polar surface area (TPSA) is 86.9 Å². The number of nitrogens with one attached hydrogen (secondary N) is 2. The molecule has 2 aromatic carbocycles. The summed E-state index contributed by atoms with van der Waals surface area (Å²) >= 11 is 0. The van der Waals surface area contributed by atoms with Gasteiger partial charge in [0.25, 0.3) is 5.56 Å². The Bertz CT molecular complexity index is 1210. The van der Waals surface area contributed by atoms with Crippen LogP contribution >= 0.6 is 0 Å². The summed E-state index contributed by atoms with van der Waals surface area (Å²) in [6, 6.07) is 10.6. The molecular formula is C25H29FN4O4. The molecule has 2 N–H and O–H groups in total. The van der Waals surface area contributed by atoms with Crippen LogP contribution in [0, 0.1) is 5.82 Å². The first-order chi connectivity index (χ1) is 16.5. The molecule has 1 aromatic heterocycles. The predicted octanol–water partition coefficient (Wildman–Crippen LogP) is 4.16. The minimum Gasteiger partial charge on any atom is -0.454 e. The molecule has 0 spiro atoms. The zero-order valence-corrected chi connectivity index (χ0v) is 19.4. The number of amides is 2. The van der Waals surface area contributed by atoms with Gasteiger partial charge in [-0.15, -0.1) is 0 Å². The number of nitrogens with zero attached hydrogens (tertiary/aromatic N) is 2. The van der Waals surface area contributed by atoms with E-state index in [0.717, 1.165) is 31.4 Å². The molecule has 0 aliphatic carbocycles. The van der Waals surface area contributed by atoms with Gasteiger partial charge in [-0.3, -0.25) is 4.79 Å². The number of benzene rings is 2. The van der Waals surface area contributed by atoms with Gasteiger partial charge >= 0.3 is 6.03 Å². The molecule has 2 amide bonds. The number of carbonyl (C=O) groups excluding carboxylic acids is 1. The lowest BCUT2D eigenvalue weighted by molar-refractivity contribution is 0.174. The van der Waals surface area contributed by atoms with E-state index >= 15 is 0 Å². The number of hydrogen-bond donors (Lipinski definition) is 2. The predicted molar refractivity (Wildman–Crippen MR) is 129 cm³/mol. The number of aromatic amines is 1. The van der Waals surface area contributed by atoms with Crippen molar-refractivity contribution in [1.82, 2.24) is 14.8 Å². The molecule has 0 saturated carbocycles. The molecule has 2 heterocycles. The molecular weight excluding hydrogens is 439 g/mol. The number of halogens is 1. The van der Waals surface area contributed by atoms with Crippen molar-refractivity contribution in [3.05, 3.63) is 64.2 Å². The molecule has 0 unspecified atom stereocenters. The van der Waals surface area contributed by atoms with Crippen LogP contribution in [0.5, 0.6) is 11.5 Å². The number of fused-ring (bicyclic) bond motifs is 2. The van der Waals surface area contributed by atoms with Crippen molar-refractivity contribution in [2.75, 3.05) is 38.3 Å². The van der Waals surface area contributed by atoms with Crippen LogP contribution in [0.2, 0.25) is 0 Å². The number of rotatable bonds is 9. The minimum absolute atomic E-state index is 0.130. The number of hydrogen-bond acceptors (Lipinski definition) is 5. The zero-order chi connectivity index (χ0) is 24.1. The molecule has 34 heavy (non-hydrogen) atoms. The maximum atomic E-state index is 13.3. The highest BCUT2D eigenvalue weighted by Crippen LogP contribution is 2.35. The zero-order valence-electron chi connectivity index (χ0n) is 19.4. The van der Waals surface area contributed by atoms with Gasteiger partial charge in [0.15, 0.2) is 11.5 Å². The normalized spacial score (nSPS) is 12.4. The first kappa shape index (κ1) is 23.6. The van der Waals surface area contributed by atoms with E-state index in [4.69, 9.17) is 9.47 Å². The molecule has 0 radical (unpaired) electrons. The lowest BCUT2D eigenvalue weighted by Gasteiger charge is -2.25. The highest BCUT2D eigenvalue weighted by molar-refractivity contribution is 5.89. The summed E-state index contributed by atoms with van der Waals surface area (Å²) in [6.07, 6.45) is 0.753. The third kappa shape index (κ3) is 5.48. The third-order valence-electron chi connectivity index (χ3n) is 5.96. The van der Waals surface area contributed by atoms with Gasteiger partial charge in [-0.1, -0.05) is 13.8 Å². The van der Waals surface area contributed by atoms with E-state index in [9.17, 15) is 14.0 Å². The third-order valence-corrected chi connectivity index (χ3v) is 5.96. The summed E-state index contributed by atoms with van der Waals surface area (Å²) in [5, 5.41) is 3.60. The summed E-state index contributed by atoms with van der Waals surface area (Å²) in [4.78, 5) is 32.7. The molecule has 0 atom stereocenters. The Hall–Kier alpha value is -3.59. The van der Waals surface area contributed by atoms with Gasteiger partial charge in [0.2, 0.25) is 6.79 Å². The Morgan fingerprint density at radius 1 is 1.06 bits per heavy atom. The maximum absolute atomic E-state index is 13.3. The van der Waals surface area contributed by atoms with Gasteiger partial charge in [0, 0.05) is 29.2 Å². The lowest BCUT2D eigenvalue weighted by Crippen LogP contribution is -2.38. The molecule has 8 nitrogen and oxygen atoms in total. The Morgan fingerprint density at radius 3 is 2.47 bits per heavy atom. The second-order valence-electron chi connectivity index (χ2n) is 8.16. The van der Waals surface area contributed by atoms with Crippen molar-refractivity contribution < 1.29 is 18.7 Å². The average molecular weight is 469 g/mol. The van der Waals surface area contributed by atoms with Gasteiger partial charge in [-0.25, -0.2) is 9.18 Å². The molecule has 1 aliphatic heterocycles. The molecule has 4 rings (SSSR count). The summed E-state index contributed by atoms with van der Waals surface area (Å²) in [5.74, 6) is 0.834. The quantitative estimate of drug-likeness (QED) is 0.493. The van der Waals surface area contributed by atoms with E-state index in [1.54, 1.807) is 17.0 Å². The van der Waals surface area contributed by atoms with Crippen molar-refractivity contribution in [1.29, 1.82) is 0 Å². The lowest BCUT2D eigenvalue weighted by atomic mass is 10.1. The standard InChI is InChI=1S/C25H29FN4O4/c1-3-29(4-2)10-5-11-30(25(32)27-20-8-6-19(26)7-9-20)15-18-12-17-13-22-23(34-16-33-22)14-21(17)28-24(18)31/h6-9,12-14H,3-5,10-11,15-16H2,1-2H3,(H,27,32)(H,28,31). The fourth-order valence-electron chi connectivity index (χ4n) is 3.98. The minimum atomic E-state index is -0.377. The fraction of sp³-hybridized carbons (Fsp3) is 0.360. The fourth-order valence-corrected chi connectivity index (χ4v) is 3.98. The summed E-state index contributed by atoms with van der Waals surface area (Å²) < 4.78 is 24.1. The maximum Gasteiger partial charge on any atom is 0.322 e. The average Bonchev–Trinajstić information content (AvgIpc) is 3.28. The number of urea groups is 1. The number of pyridine rings is 1. The van der Waals surface area contributed by atoms with E-state index in [-0.39, 0.29) is 30.7 Å². The van der Waals surface area contributed by atoms with Gasteiger partial charge in [0.05, 0.1) is 12.1 Å². The van der Waals surface area contributed by atoms with Crippen LogP contribution in [-0.4, -0.2) is 53.8 Å². The van der Waals surface area contributed by atoms with Crippen LogP contribution in [0.25, 0.3) is 10.9 Å². The first-order valence-electron chi connectivity index (χ1n) is 11.5. The molecule has 1 aliphatic rings. The Morgan fingerprint density at radius 2 is 1.76 bits per heavy atom. The number of ether oxygens (including phenoxy) is 2. The van der Waals surface area contributed by atoms with E-state index in [1.165, 1.54) is 24.3 Å². The first-order valence-corrected chi connectivity index (χ1v) is 11.5. The smallest absolute Gasteiger partial charge is 0.322 e. The Balaban J connectivity index is 1.56. The summed E-state index contributed by atoms with van der Waals surface area (Å²) in [5.41, 5.74) is 1.32. The largest absolute Gasteiger partial charge is 0.454 e. The molecule has 3 aromatic rings. The molecule has 0 fully saturated rings. The number of carbonyl (C=O) groups is 1. The van der Waals surface area contributed by atoms with Crippen LogP contribution in [0.4, 0.5) is 14.9 Å². The molecule has 9 heteroatoms. The Labute approximate surface area is 197 Å². The van der Waals surface area contributed by atoms with E-state index < -0.39 is 0 Å². The number of H-pyrrole nitrogens is 1. The van der Waals surface area contributed by atoms with Crippen molar-refractivity contribution in [2.45, 2.75) is 26.8 Å². The van der Waals surface area contributed by atoms with Crippen LogP contribution in [0.15, 0.2) is 47.3 Å². The van der Waals surface area contributed by atoms with Gasteiger partial charge in [0.1, 0.15) is 5.82 Å². The van der Waals surface area contributed by atoms with Crippen LogP contribution in [-0.2, 0) is 6.54 Å². The Kier molecular flexibility index (Phi) is 7.32. The van der Waals surface area contributed by atoms with Crippen LogP contribution in [0.3, 0.4) is 0 Å². The number of aromatic nitrogens is 1. The summed E-state index contributed by atoms with van der Waals surface area (Å²) in [7, 11) is 0.